The summed E-state index contributed by atoms with van der Waals surface area (Å²) in [7, 11) is 0. The van der Waals surface area contributed by atoms with Gasteiger partial charge in [-0.05, 0) is 48.9 Å². The van der Waals surface area contributed by atoms with E-state index < -0.39 is 11.4 Å². The van der Waals surface area contributed by atoms with Crippen LogP contribution in [0.25, 0.3) is 0 Å². The Labute approximate surface area is 118 Å². The minimum absolute atomic E-state index is 0.280. The Kier molecular flexibility index (Phi) is 4.04. The highest BCUT2D eigenvalue weighted by Gasteiger charge is 2.59. The number of hydrogen-bond donors (Lipinski definition) is 2. The van der Waals surface area contributed by atoms with Crippen molar-refractivity contribution >= 4 is 23.3 Å². The van der Waals surface area contributed by atoms with E-state index in [1.165, 1.54) is 0 Å². The number of unbranched alkanes of at least 4 members (excludes halogenated alkanes) is 1. The van der Waals surface area contributed by atoms with E-state index in [-0.39, 0.29) is 5.92 Å². The van der Waals surface area contributed by atoms with Crippen molar-refractivity contribution in [3.63, 3.8) is 0 Å². The van der Waals surface area contributed by atoms with E-state index in [1.54, 1.807) is 18.2 Å². The highest BCUT2D eigenvalue weighted by molar-refractivity contribution is 6.31. The van der Waals surface area contributed by atoms with Gasteiger partial charge < -0.3 is 10.8 Å². The molecular weight excluding hydrogens is 262 g/mol. The third-order valence-corrected chi connectivity index (χ3v) is 4.51. The zero-order valence-electron chi connectivity index (χ0n) is 11.2. The molecule has 2 atom stereocenters. The molecule has 3 nitrogen and oxygen atoms in total. The van der Waals surface area contributed by atoms with E-state index in [9.17, 15) is 9.90 Å². The number of halogens is 1. The van der Waals surface area contributed by atoms with Crippen molar-refractivity contribution in [1.29, 1.82) is 0 Å². The Morgan fingerprint density at radius 3 is 2.95 bits per heavy atom. The molecule has 1 aliphatic carbocycles. The number of hydrogen-bond acceptors (Lipinski definition) is 2. The molecule has 1 aromatic rings. The van der Waals surface area contributed by atoms with Crippen molar-refractivity contribution in [2.75, 3.05) is 5.73 Å². The average Bonchev–Trinajstić information content (AvgIpc) is 3.06. The molecule has 1 saturated carbocycles. The minimum atomic E-state index is -0.702. The van der Waals surface area contributed by atoms with E-state index in [0.29, 0.717) is 17.1 Å². The summed E-state index contributed by atoms with van der Waals surface area (Å²) in [6.45, 7) is 2.12. The largest absolute Gasteiger partial charge is 0.481 e. The maximum Gasteiger partial charge on any atom is 0.310 e. The summed E-state index contributed by atoms with van der Waals surface area (Å²) in [5, 5.41) is 10.1. The topological polar surface area (TPSA) is 63.3 Å². The maximum absolute atomic E-state index is 11.6. The Morgan fingerprint density at radius 2 is 2.32 bits per heavy atom. The van der Waals surface area contributed by atoms with Crippen molar-refractivity contribution < 1.29 is 9.90 Å². The Morgan fingerprint density at radius 1 is 1.58 bits per heavy atom. The third kappa shape index (κ3) is 2.86. The summed E-state index contributed by atoms with van der Waals surface area (Å²) in [5.74, 6) is -0.422. The molecule has 0 heterocycles. The van der Waals surface area contributed by atoms with E-state index in [0.717, 1.165) is 31.2 Å². The molecule has 1 aliphatic rings. The second kappa shape index (κ2) is 5.41. The van der Waals surface area contributed by atoms with E-state index in [2.05, 4.69) is 6.92 Å². The molecule has 4 heteroatoms. The zero-order chi connectivity index (χ0) is 14.0. The minimum Gasteiger partial charge on any atom is -0.481 e. The van der Waals surface area contributed by atoms with Crippen LogP contribution in [0, 0.1) is 11.3 Å². The lowest BCUT2D eigenvalue weighted by Gasteiger charge is -2.14. The number of nitrogens with two attached hydrogens (primary N) is 1. The van der Waals surface area contributed by atoms with Crippen molar-refractivity contribution in [2.45, 2.75) is 39.0 Å². The van der Waals surface area contributed by atoms with Crippen molar-refractivity contribution in [2.24, 2.45) is 11.3 Å². The number of carbonyl (C=O) groups is 1. The predicted octanol–water partition coefficient (Wildman–Crippen LogP) is 3.75. The molecule has 104 valence electrons. The Bertz CT molecular complexity index is 489. The van der Waals surface area contributed by atoms with Gasteiger partial charge in [-0.15, -0.1) is 0 Å². The van der Waals surface area contributed by atoms with Gasteiger partial charge in [0.15, 0.2) is 0 Å². The standard InChI is InChI=1S/C15H20ClNO2/c1-2-3-4-11-9-15(11,14(18)19)8-10-7-12(17)5-6-13(10)16/h5-7,11H,2-4,8-9,17H2,1H3,(H,18,19). The van der Waals surface area contributed by atoms with Crippen LogP contribution in [0.4, 0.5) is 5.69 Å². The monoisotopic (exact) mass is 281 g/mol. The molecule has 1 aromatic carbocycles. The number of benzene rings is 1. The van der Waals surface area contributed by atoms with Crippen LogP contribution in [0.1, 0.15) is 38.2 Å². The van der Waals surface area contributed by atoms with Gasteiger partial charge in [0.1, 0.15) is 0 Å². The molecule has 1 fully saturated rings. The van der Waals surface area contributed by atoms with Crippen LogP contribution in [0.2, 0.25) is 5.02 Å². The van der Waals surface area contributed by atoms with Gasteiger partial charge in [-0.3, -0.25) is 4.79 Å². The lowest BCUT2D eigenvalue weighted by atomic mass is 9.92. The summed E-state index contributed by atoms with van der Waals surface area (Å²) in [6.07, 6.45) is 4.42. The van der Waals surface area contributed by atoms with Crippen molar-refractivity contribution in [3.05, 3.63) is 28.8 Å². The van der Waals surface area contributed by atoms with Gasteiger partial charge in [0.2, 0.25) is 0 Å². The van der Waals surface area contributed by atoms with Gasteiger partial charge in [0.05, 0.1) is 5.41 Å². The zero-order valence-corrected chi connectivity index (χ0v) is 11.9. The summed E-state index contributed by atoms with van der Waals surface area (Å²) in [4.78, 5) is 11.6. The molecule has 2 unspecified atom stereocenters. The number of nitrogen functional groups attached to an aromatic ring is 1. The van der Waals surface area contributed by atoms with E-state index in [1.807, 2.05) is 0 Å². The molecule has 0 bridgehead atoms. The first-order chi connectivity index (χ1) is 8.99. The highest BCUT2D eigenvalue weighted by atomic mass is 35.5. The second-order valence-electron chi connectivity index (χ2n) is 5.53. The number of aliphatic carboxylic acids is 1. The van der Waals surface area contributed by atoms with Crippen LogP contribution < -0.4 is 5.73 Å². The second-order valence-corrected chi connectivity index (χ2v) is 5.94. The third-order valence-electron chi connectivity index (χ3n) is 4.14. The lowest BCUT2D eigenvalue weighted by molar-refractivity contribution is -0.144. The first-order valence-electron chi connectivity index (χ1n) is 6.77. The molecule has 3 N–H and O–H groups in total. The molecular formula is C15H20ClNO2. The maximum atomic E-state index is 11.6. The SMILES string of the molecule is CCCCC1CC1(Cc1cc(N)ccc1Cl)C(=O)O. The van der Waals surface area contributed by atoms with Gasteiger partial charge in [-0.1, -0.05) is 31.4 Å². The Balaban J connectivity index is 2.15. The van der Waals surface area contributed by atoms with Gasteiger partial charge in [0.25, 0.3) is 0 Å². The van der Waals surface area contributed by atoms with Crippen LogP contribution in [-0.2, 0) is 11.2 Å². The first-order valence-corrected chi connectivity index (χ1v) is 7.14. The van der Waals surface area contributed by atoms with Crippen molar-refractivity contribution in [3.8, 4) is 0 Å². The van der Waals surface area contributed by atoms with Crippen LogP contribution in [-0.4, -0.2) is 11.1 Å². The fourth-order valence-electron chi connectivity index (χ4n) is 2.83. The summed E-state index contributed by atoms with van der Waals surface area (Å²) >= 11 is 6.14. The molecule has 0 amide bonds. The number of rotatable bonds is 6. The summed E-state index contributed by atoms with van der Waals surface area (Å²) < 4.78 is 0. The number of carboxylic acids is 1. The molecule has 19 heavy (non-hydrogen) atoms. The summed E-state index contributed by atoms with van der Waals surface area (Å²) in [5.41, 5.74) is 6.61. The van der Waals surface area contributed by atoms with E-state index >= 15 is 0 Å². The molecule has 0 aromatic heterocycles. The highest BCUT2D eigenvalue weighted by Crippen LogP contribution is 2.57. The normalized spacial score (nSPS) is 25.3. The predicted molar refractivity (Wildman–Crippen MR) is 77.3 cm³/mol. The first kappa shape index (κ1) is 14.2. The lowest BCUT2D eigenvalue weighted by Crippen LogP contribution is -2.21. The fourth-order valence-corrected chi connectivity index (χ4v) is 3.02. The molecule has 2 rings (SSSR count). The van der Waals surface area contributed by atoms with Crippen LogP contribution in [0.3, 0.4) is 0 Å². The number of carboxylic acid groups (broad SMARTS) is 1. The van der Waals surface area contributed by atoms with Gasteiger partial charge in [0, 0.05) is 10.7 Å². The van der Waals surface area contributed by atoms with Gasteiger partial charge in [-0.25, -0.2) is 0 Å². The van der Waals surface area contributed by atoms with Gasteiger partial charge in [-0.2, -0.15) is 0 Å². The van der Waals surface area contributed by atoms with Crippen LogP contribution >= 0.6 is 11.6 Å². The fraction of sp³-hybridized carbons (Fsp3) is 0.533. The van der Waals surface area contributed by atoms with Crippen LogP contribution in [0.5, 0.6) is 0 Å². The smallest absolute Gasteiger partial charge is 0.310 e. The average molecular weight is 282 g/mol. The van der Waals surface area contributed by atoms with Crippen molar-refractivity contribution in [1.82, 2.24) is 0 Å². The quantitative estimate of drug-likeness (QED) is 0.781. The van der Waals surface area contributed by atoms with Gasteiger partial charge >= 0.3 is 5.97 Å². The molecule has 0 saturated heterocycles. The van der Waals surface area contributed by atoms with E-state index in [4.69, 9.17) is 17.3 Å². The van der Waals surface area contributed by atoms with Crippen LogP contribution in [0.15, 0.2) is 18.2 Å². The molecule has 0 aliphatic heterocycles. The summed E-state index contributed by atoms with van der Waals surface area (Å²) in [6, 6.07) is 5.27. The molecule has 0 spiro atoms. The Hall–Kier alpha value is -1.22. The molecule has 0 radical (unpaired) electrons. The number of anilines is 1.